The van der Waals surface area contributed by atoms with Gasteiger partial charge in [0.2, 0.25) is 0 Å². The van der Waals surface area contributed by atoms with Crippen LogP contribution in [0.1, 0.15) is 50.6 Å². The molecular weight excluding hydrogens is 252 g/mol. The number of rotatable bonds is 5. The number of nitrogens with two attached hydrogens (primary N) is 1. The third kappa shape index (κ3) is 3.53. The molecule has 3 N–H and O–H groups in total. The Morgan fingerprint density at radius 2 is 2.16 bits per heavy atom. The Bertz CT molecular complexity index is 394. The molecule has 0 bridgehead atoms. The standard InChI is InChI=1S/C16H26N2S/c1-3-12-7-6-8-13(11-12)16(18-17)14-9-4-5-10-15(14)19-2/h4-5,9-10,12-13,16,18H,3,6-8,11,17H2,1-2H3. The summed E-state index contributed by atoms with van der Waals surface area (Å²) in [6.45, 7) is 2.31. The molecule has 19 heavy (non-hydrogen) atoms. The molecule has 3 atom stereocenters. The molecule has 1 aliphatic carbocycles. The molecule has 106 valence electrons. The first-order valence-electron chi connectivity index (χ1n) is 7.39. The van der Waals surface area contributed by atoms with Gasteiger partial charge in [-0.05, 0) is 42.6 Å². The van der Waals surface area contributed by atoms with E-state index < -0.39 is 0 Å². The summed E-state index contributed by atoms with van der Waals surface area (Å²) in [7, 11) is 0. The second kappa shape index (κ2) is 7.32. The lowest BCUT2D eigenvalue weighted by atomic mass is 9.75. The van der Waals surface area contributed by atoms with E-state index in [0.717, 1.165) is 5.92 Å². The fourth-order valence-electron chi connectivity index (χ4n) is 3.41. The van der Waals surface area contributed by atoms with Crippen molar-refractivity contribution >= 4 is 11.8 Å². The fraction of sp³-hybridized carbons (Fsp3) is 0.625. The minimum Gasteiger partial charge on any atom is -0.271 e. The molecule has 0 aromatic heterocycles. The van der Waals surface area contributed by atoms with Gasteiger partial charge in [0, 0.05) is 10.9 Å². The van der Waals surface area contributed by atoms with E-state index in [-0.39, 0.29) is 0 Å². The van der Waals surface area contributed by atoms with Gasteiger partial charge < -0.3 is 0 Å². The molecule has 0 aliphatic heterocycles. The number of nitrogens with one attached hydrogen (secondary N) is 1. The van der Waals surface area contributed by atoms with Crippen molar-refractivity contribution in [3.05, 3.63) is 29.8 Å². The third-order valence-electron chi connectivity index (χ3n) is 4.53. The van der Waals surface area contributed by atoms with Crippen molar-refractivity contribution in [3.63, 3.8) is 0 Å². The maximum absolute atomic E-state index is 5.89. The van der Waals surface area contributed by atoms with Crippen molar-refractivity contribution in [1.82, 2.24) is 5.43 Å². The fourth-order valence-corrected chi connectivity index (χ4v) is 4.05. The number of hydrogen-bond donors (Lipinski definition) is 2. The van der Waals surface area contributed by atoms with E-state index in [1.165, 1.54) is 42.6 Å². The van der Waals surface area contributed by atoms with Crippen LogP contribution < -0.4 is 11.3 Å². The second-order valence-corrected chi connectivity index (χ2v) is 6.44. The summed E-state index contributed by atoms with van der Waals surface area (Å²) in [6, 6.07) is 8.96. The molecule has 3 unspecified atom stereocenters. The summed E-state index contributed by atoms with van der Waals surface area (Å²) in [5.41, 5.74) is 4.47. The van der Waals surface area contributed by atoms with E-state index in [1.54, 1.807) is 0 Å². The van der Waals surface area contributed by atoms with Crippen molar-refractivity contribution in [3.8, 4) is 0 Å². The lowest BCUT2D eigenvalue weighted by Crippen LogP contribution is -2.36. The van der Waals surface area contributed by atoms with Gasteiger partial charge in [0.05, 0.1) is 0 Å². The van der Waals surface area contributed by atoms with Crippen LogP contribution in [-0.2, 0) is 0 Å². The summed E-state index contributed by atoms with van der Waals surface area (Å²) >= 11 is 1.81. The number of thioether (sulfide) groups is 1. The van der Waals surface area contributed by atoms with Gasteiger partial charge in [-0.25, -0.2) is 0 Å². The number of benzene rings is 1. The minimum atomic E-state index is 0.304. The molecule has 0 amide bonds. The summed E-state index contributed by atoms with van der Waals surface area (Å²) in [5.74, 6) is 7.45. The van der Waals surface area contributed by atoms with Gasteiger partial charge in [-0.2, -0.15) is 0 Å². The second-order valence-electron chi connectivity index (χ2n) is 5.59. The van der Waals surface area contributed by atoms with Gasteiger partial charge in [-0.3, -0.25) is 11.3 Å². The quantitative estimate of drug-likeness (QED) is 0.483. The average Bonchev–Trinajstić information content (AvgIpc) is 2.49. The summed E-state index contributed by atoms with van der Waals surface area (Å²) in [5, 5.41) is 0. The predicted octanol–water partition coefficient (Wildman–Crippen LogP) is 4.13. The van der Waals surface area contributed by atoms with Crippen molar-refractivity contribution < 1.29 is 0 Å². The molecule has 1 aliphatic rings. The zero-order chi connectivity index (χ0) is 13.7. The van der Waals surface area contributed by atoms with Gasteiger partial charge in [-0.15, -0.1) is 11.8 Å². The number of hydrogen-bond acceptors (Lipinski definition) is 3. The van der Waals surface area contributed by atoms with Crippen molar-refractivity contribution in [2.45, 2.75) is 50.0 Å². The molecule has 0 saturated heterocycles. The van der Waals surface area contributed by atoms with Crippen LogP contribution in [0.3, 0.4) is 0 Å². The normalized spacial score (nSPS) is 25.2. The molecule has 1 fully saturated rings. The predicted molar refractivity (Wildman–Crippen MR) is 84.0 cm³/mol. The van der Waals surface area contributed by atoms with Crippen LogP contribution in [0, 0.1) is 11.8 Å². The molecule has 3 heteroatoms. The highest BCUT2D eigenvalue weighted by Crippen LogP contribution is 2.40. The van der Waals surface area contributed by atoms with E-state index in [9.17, 15) is 0 Å². The highest BCUT2D eigenvalue weighted by molar-refractivity contribution is 7.98. The van der Waals surface area contributed by atoms with Crippen LogP contribution in [0.2, 0.25) is 0 Å². The topological polar surface area (TPSA) is 38.0 Å². The highest BCUT2D eigenvalue weighted by atomic mass is 32.2. The maximum atomic E-state index is 5.89. The molecule has 1 aromatic rings. The summed E-state index contributed by atoms with van der Waals surface area (Å²) in [4.78, 5) is 1.35. The first-order chi connectivity index (χ1) is 9.30. The highest BCUT2D eigenvalue weighted by Gasteiger charge is 2.29. The lowest BCUT2D eigenvalue weighted by Gasteiger charge is -2.34. The smallest absolute Gasteiger partial charge is 0.0499 e. The molecule has 2 rings (SSSR count). The first kappa shape index (κ1) is 14.9. The van der Waals surface area contributed by atoms with Crippen LogP contribution in [0.5, 0.6) is 0 Å². The van der Waals surface area contributed by atoms with Crippen molar-refractivity contribution in [2.75, 3.05) is 6.26 Å². The van der Waals surface area contributed by atoms with Gasteiger partial charge in [0.15, 0.2) is 0 Å². The van der Waals surface area contributed by atoms with Gasteiger partial charge >= 0.3 is 0 Å². The Morgan fingerprint density at radius 3 is 2.84 bits per heavy atom. The average molecular weight is 278 g/mol. The first-order valence-corrected chi connectivity index (χ1v) is 8.61. The molecule has 0 spiro atoms. The van der Waals surface area contributed by atoms with E-state index in [1.807, 2.05) is 11.8 Å². The van der Waals surface area contributed by atoms with Gasteiger partial charge in [0.25, 0.3) is 0 Å². The molecular formula is C16H26N2S. The van der Waals surface area contributed by atoms with Crippen LogP contribution in [0.15, 0.2) is 29.2 Å². The zero-order valence-corrected chi connectivity index (χ0v) is 12.9. The monoisotopic (exact) mass is 278 g/mol. The SMILES string of the molecule is CCC1CCCC(C(NN)c2ccccc2SC)C1. The Balaban J connectivity index is 2.19. The van der Waals surface area contributed by atoms with E-state index in [2.05, 4.69) is 42.9 Å². The van der Waals surface area contributed by atoms with E-state index in [4.69, 9.17) is 5.84 Å². The van der Waals surface area contributed by atoms with E-state index >= 15 is 0 Å². The molecule has 0 radical (unpaired) electrons. The van der Waals surface area contributed by atoms with Crippen molar-refractivity contribution in [1.29, 1.82) is 0 Å². The molecule has 1 aromatic carbocycles. The van der Waals surface area contributed by atoms with Crippen molar-refractivity contribution in [2.24, 2.45) is 17.7 Å². The maximum Gasteiger partial charge on any atom is 0.0499 e. The Kier molecular flexibility index (Phi) is 5.74. The van der Waals surface area contributed by atoms with Crippen LogP contribution in [0.25, 0.3) is 0 Å². The van der Waals surface area contributed by atoms with E-state index in [0.29, 0.717) is 12.0 Å². The molecule has 0 heterocycles. The molecule has 2 nitrogen and oxygen atoms in total. The lowest BCUT2D eigenvalue weighted by molar-refractivity contribution is 0.208. The van der Waals surface area contributed by atoms with Gasteiger partial charge in [0.1, 0.15) is 0 Å². The summed E-state index contributed by atoms with van der Waals surface area (Å²) < 4.78 is 0. The van der Waals surface area contributed by atoms with Crippen LogP contribution >= 0.6 is 11.8 Å². The summed E-state index contributed by atoms with van der Waals surface area (Å²) in [6.07, 6.45) is 8.81. The van der Waals surface area contributed by atoms with Gasteiger partial charge in [-0.1, -0.05) is 44.4 Å². The Hall–Kier alpha value is -0.510. The number of hydrazine groups is 1. The third-order valence-corrected chi connectivity index (χ3v) is 5.34. The zero-order valence-electron chi connectivity index (χ0n) is 12.1. The largest absolute Gasteiger partial charge is 0.271 e. The Morgan fingerprint density at radius 1 is 1.37 bits per heavy atom. The Labute approximate surface area is 121 Å². The van der Waals surface area contributed by atoms with Crippen LogP contribution in [0.4, 0.5) is 0 Å². The van der Waals surface area contributed by atoms with Crippen LogP contribution in [-0.4, -0.2) is 6.26 Å². The minimum absolute atomic E-state index is 0.304. The molecule has 1 saturated carbocycles.